The summed E-state index contributed by atoms with van der Waals surface area (Å²) in [4.78, 5) is 30.9. The van der Waals surface area contributed by atoms with Crippen LogP contribution in [0.15, 0.2) is 67.3 Å². The number of aryl methyl sites for hydroxylation is 1. The summed E-state index contributed by atoms with van der Waals surface area (Å²) < 4.78 is 1.98. The van der Waals surface area contributed by atoms with E-state index in [0.717, 1.165) is 48.0 Å². The summed E-state index contributed by atoms with van der Waals surface area (Å²) in [7, 11) is 6.30. The van der Waals surface area contributed by atoms with Crippen LogP contribution in [0.1, 0.15) is 31.2 Å². The van der Waals surface area contributed by atoms with E-state index in [4.69, 9.17) is 0 Å². The number of benzene rings is 1. The van der Waals surface area contributed by atoms with Crippen molar-refractivity contribution >= 4 is 22.8 Å². The summed E-state index contributed by atoms with van der Waals surface area (Å²) in [6.07, 6.45) is 11.1. The minimum Gasteiger partial charge on any atom is -0.336 e. The number of fused-ring (bicyclic) bond motifs is 1. The van der Waals surface area contributed by atoms with Crippen molar-refractivity contribution in [1.29, 1.82) is 0 Å². The van der Waals surface area contributed by atoms with Gasteiger partial charge in [-0.25, -0.2) is 19.7 Å². The van der Waals surface area contributed by atoms with Crippen LogP contribution < -0.4 is 10.2 Å². The smallest absolute Gasteiger partial charge is 0.322 e. The molecule has 1 N–H and O–H groups in total. The first-order valence-corrected chi connectivity index (χ1v) is 12.5. The summed E-state index contributed by atoms with van der Waals surface area (Å²) in [6.45, 7) is 0.630. The molecular weight excluding hydrogens is 450 g/mol. The molecule has 1 saturated heterocycles. The topological polar surface area (TPSA) is 79.2 Å². The van der Waals surface area contributed by atoms with Gasteiger partial charge >= 0.3 is 6.03 Å². The molecule has 2 fully saturated rings. The highest BCUT2D eigenvalue weighted by atomic mass is 16.2. The molecule has 4 heterocycles. The lowest BCUT2D eigenvalue weighted by Crippen LogP contribution is -2.54. The zero-order valence-electron chi connectivity index (χ0n) is 21.0. The summed E-state index contributed by atoms with van der Waals surface area (Å²) in [6, 6.07) is 14.6. The summed E-state index contributed by atoms with van der Waals surface area (Å²) in [5, 5.41) is 4.33. The molecule has 2 aliphatic rings. The standard InChI is InChI=1S/C28H31N7O/c1-33(2)28(20-7-5-4-6-8-20)13-11-27(12-14-28)19-35(26(36)32-27)21-17-30-24(31-18-21)22-9-15-29-25-23(22)10-16-34(25)3/h4-10,15-18H,11-14,19H2,1-3H3,(H,32,36). The van der Waals surface area contributed by atoms with Gasteiger partial charge in [-0.05, 0) is 57.5 Å². The third-order valence-electron chi connectivity index (χ3n) is 8.24. The molecule has 1 aliphatic heterocycles. The van der Waals surface area contributed by atoms with E-state index in [0.29, 0.717) is 12.4 Å². The van der Waals surface area contributed by atoms with Gasteiger partial charge in [0.05, 0.1) is 30.2 Å². The zero-order chi connectivity index (χ0) is 24.9. The van der Waals surface area contributed by atoms with Crippen LogP contribution >= 0.6 is 0 Å². The van der Waals surface area contributed by atoms with Gasteiger partial charge in [-0.1, -0.05) is 30.3 Å². The second-order valence-electron chi connectivity index (χ2n) is 10.4. The molecule has 1 saturated carbocycles. The molecule has 0 bridgehead atoms. The van der Waals surface area contributed by atoms with Crippen molar-refractivity contribution in [2.75, 3.05) is 25.5 Å². The lowest BCUT2D eigenvalue weighted by molar-refractivity contribution is 0.0658. The highest BCUT2D eigenvalue weighted by Gasteiger charge is 2.50. The number of carbonyl (C=O) groups is 1. The zero-order valence-corrected chi connectivity index (χ0v) is 21.0. The lowest BCUT2D eigenvalue weighted by atomic mass is 9.69. The van der Waals surface area contributed by atoms with E-state index >= 15 is 0 Å². The van der Waals surface area contributed by atoms with Gasteiger partial charge in [0, 0.05) is 35.9 Å². The number of rotatable bonds is 4. The third-order valence-corrected chi connectivity index (χ3v) is 8.24. The van der Waals surface area contributed by atoms with Crippen LogP contribution in [0.25, 0.3) is 22.4 Å². The highest BCUT2D eigenvalue weighted by Crippen LogP contribution is 2.46. The Morgan fingerprint density at radius 3 is 2.36 bits per heavy atom. The molecule has 184 valence electrons. The number of amides is 2. The van der Waals surface area contributed by atoms with Crippen molar-refractivity contribution in [3.8, 4) is 11.4 Å². The van der Waals surface area contributed by atoms with Crippen LogP contribution in [0.5, 0.6) is 0 Å². The Labute approximate surface area is 211 Å². The van der Waals surface area contributed by atoms with Crippen LogP contribution in [0, 0.1) is 0 Å². The van der Waals surface area contributed by atoms with Crippen LogP contribution in [-0.2, 0) is 12.6 Å². The van der Waals surface area contributed by atoms with Gasteiger partial charge < -0.3 is 9.88 Å². The number of nitrogens with zero attached hydrogens (tertiary/aromatic N) is 6. The molecule has 4 aromatic rings. The van der Waals surface area contributed by atoms with E-state index in [1.54, 1.807) is 23.5 Å². The van der Waals surface area contributed by atoms with E-state index in [1.807, 2.05) is 29.9 Å². The Morgan fingerprint density at radius 1 is 0.944 bits per heavy atom. The average Bonchev–Trinajstić information content (AvgIpc) is 3.44. The molecule has 36 heavy (non-hydrogen) atoms. The van der Waals surface area contributed by atoms with Crippen molar-refractivity contribution in [2.24, 2.45) is 7.05 Å². The van der Waals surface area contributed by atoms with E-state index < -0.39 is 0 Å². The first-order valence-electron chi connectivity index (χ1n) is 12.5. The predicted molar refractivity (Wildman–Crippen MR) is 141 cm³/mol. The molecule has 1 spiro atoms. The van der Waals surface area contributed by atoms with Gasteiger partial charge in [-0.3, -0.25) is 9.80 Å². The van der Waals surface area contributed by atoms with Crippen LogP contribution in [0.3, 0.4) is 0 Å². The van der Waals surface area contributed by atoms with Crippen LogP contribution in [-0.4, -0.2) is 56.6 Å². The Morgan fingerprint density at radius 2 is 1.67 bits per heavy atom. The largest absolute Gasteiger partial charge is 0.336 e. The van der Waals surface area contributed by atoms with E-state index in [9.17, 15) is 4.79 Å². The van der Waals surface area contributed by atoms with Crippen LogP contribution in [0.4, 0.5) is 10.5 Å². The number of hydrogen-bond acceptors (Lipinski definition) is 5. The van der Waals surface area contributed by atoms with E-state index in [2.05, 4.69) is 69.6 Å². The van der Waals surface area contributed by atoms with Gasteiger partial charge in [0.25, 0.3) is 0 Å². The van der Waals surface area contributed by atoms with Crippen molar-refractivity contribution in [3.05, 3.63) is 72.8 Å². The Balaban J connectivity index is 1.22. The molecule has 6 rings (SSSR count). The number of hydrogen-bond donors (Lipinski definition) is 1. The van der Waals surface area contributed by atoms with Crippen molar-refractivity contribution < 1.29 is 4.79 Å². The quantitative estimate of drug-likeness (QED) is 0.469. The number of nitrogens with one attached hydrogen (secondary N) is 1. The lowest BCUT2D eigenvalue weighted by Gasteiger charge is -2.48. The minimum atomic E-state index is -0.231. The molecular formula is C28H31N7O. The SMILES string of the molecule is CN(C)C1(c2ccccc2)CCC2(CC1)CN(c1cnc(-c3ccnc4c3ccn4C)nc1)C(=O)N2. The van der Waals surface area contributed by atoms with Crippen molar-refractivity contribution in [1.82, 2.24) is 29.7 Å². The average molecular weight is 482 g/mol. The fourth-order valence-electron chi connectivity index (χ4n) is 6.04. The molecule has 8 heteroatoms. The molecule has 3 aromatic heterocycles. The number of carbonyl (C=O) groups excluding carboxylic acids is 1. The summed E-state index contributed by atoms with van der Waals surface area (Å²) in [5.41, 5.74) is 3.65. The van der Waals surface area contributed by atoms with Gasteiger partial charge in [0.2, 0.25) is 0 Å². The van der Waals surface area contributed by atoms with Crippen LogP contribution in [0.2, 0.25) is 0 Å². The monoisotopic (exact) mass is 481 g/mol. The number of pyridine rings is 1. The minimum absolute atomic E-state index is 0.0112. The van der Waals surface area contributed by atoms with Gasteiger partial charge in [0.1, 0.15) is 5.65 Å². The number of anilines is 1. The van der Waals surface area contributed by atoms with Gasteiger partial charge in [0.15, 0.2) is 5.82 Å². The first-order chi connectivity index (χ1) is 17.4. The summed E-state index contributed by atoms with van der Waals surface area (Å²) in [5.74, 6) is 0.628. The predicted octanol–water partition coefficient (Wildman–Crippen LogP) is 4.33. The molecule has 0 radical (unpaired) electrons. The normalized spacial score (nSPS) is 24.1. The molecule has 8 nitrogen and oxygen atoms in total. The Kier molecular flexibility index (Phi) is 5.30. The number of aromatic nitrogens is 4. The molecule has 1 aromatic carbocycles. The van der Waals surface area contributed by atoms with Crippen molar-refractivity contribution in [3.63, 3.8) is 0 Å². The Bertz CT molecular complexity index is 1400. The molecule has 2 amide bonds. The second kappa shape index (κ2) is 8.41. The third kappa shape index (κ3) is 3.55. The fourth-order valence-corrected chi connectivity index (χ4v) is 6.04. The summed E-state index contributed by atoms with van der Waals surface area (Å²) >= 11 is 0. The molecule has 1 aliphatic carbocycles. The molecule has 0 unspecified atom stereocenters. The highest BCUT2D eigenvalue weighted by molar-refractivity contribution is 5.95. The number of urea groups is 1. The maximum absolute atomic E-state index is 13.1. The van der Waals surface area contributed by atoms with Gasteiger partial charge in [-0.15, -0.1) is 0 Å². The van der Waals surface area contributed by atoms with Crippen molar-refractivity contribution in [2.45, 2.75) is 36.8 Å². The second-order valence-corrected chi connectivity index (χ2v) is 10.4. The maximum atomic E-state index is 13.1. The van der Waals surface area contributed by atoms with E-state index in [1.165, 1.54) is 5.56 Å². The first kappa shape index (κ1) is 22.7. The van der Waals surface area contributed by atoms with Gasteiger partial charge in [-0.2, -0.15) is 0 Å². The van der Waals surface area contributed by atoms with E-state index in [-0.39, 0.29) is 17.1 Å². The fraction of sp³-hybridized carbons (Fsp3) is 0.357. The maximum Gasteiger partial charge on any atom is 0.322 e. The molecule has 0 atom stereocenters. The Hall–Kier alpha value is -3.78.